The summed E-state index contributed by atoms with van der Waals surface area (Å²) in [5, 5.41) is 3.26. The number of piperidine rings is 1. The lowest BCUT2D eigenvalue weighted by molar-refractivity contribution is 0.0925. The fourth-order valence-electron chi connectivity index (χ4n) is 5.27. The summed E-state index contributed by atoms with van der Waals surface area (Å²) < 4.78 is 5.72. The number of amides is 2. The van der Waals surface area contributed by atoms with E-state index in [1.807, 2.05) is 25.1 Å². The number of nitrogens with zero attached hydrogens (tertiary/aromatic N) is 2. The van der Waals surface area contributed by atoms with E-state index in [0.717, 1.165) is 49.2 Å². The lowest BCUT2D eigenvalue weighted by Crippen LogP contribution is -2.50. The van der Waals surface area contributed by atoms with Gasteiger partial charge in [-0.25, -0.2) is 4.98 Å². The number of hydrogen-bond donors (Lipinski definition) is 2. The Balaban J connectivity index is 1.28. The van der Waals surface area contributed by atoms with E-state index in [-0.39, 0.29) is 11.9 Å². The maximum absolute atomic E-state index is 13.0. The second-order valence-electron chi connectivity index (χ2n) is 8.53. The highest BCUT2D eigenvalue weighted by Gasteiger charge is 2.42. The van der Waals surface area contributed by atoms with Crippen LogP contribution in [0.2, 0.25) is 0 Å². The van der Waals surface area contributed by atoms with Gasteiger partial charge in [-0.05, 0) is 56.4 Å². The molecular formula is C23H26N4O3. The van der Waals surface area contributed by atoms with Crippen LogP contribution in [0.4, 0.5) is 5.82 Å². The van der Waals surface area contributed by atoms with E-state index in [2.05, 4.69) is 15.2 Å². The molecule has 30 heavy (non-hydrogen) atoms. The Bertz CT molecular complexity index is 990. The molecule has 1 aromatic heterocycles. The fourth-order valence-corrected chi connectivity index (χ4v) is 5.27. The molecule has 3 N–H and O–H groups in total. The van der Waals surface area contributed by atoms with Crippen molar-refractivity contribution in [1.82, 2.24) is 10.3 Å². The minimum absolute atomic E-state index is 0.0208. The second kappa shape index (κ2) is 7.31. The van der Waals surface area contributed by atoms with Crippen LogP contribution < -0.4 is 20.7 Å². The average Bonchev–Trinajstić information content (AvgIpc) is 3.31. The van der Waals surface area contributed by atoms with Crippen molar-refractivity contribution in [1.29, 1.82) is 0 Å². The molecule has 0 saturated carbocycles. The summed E-state index contributed by atoms with van der Waals surface area (Å²) >= 11 is 0. The summed E-state index contributed by atoms with van der Waals surface area (Å²) in [6.07, 6.45) is 6.41. The molecule has 2 bridgehead atoms. The number of pyridine rings is 1. The summed E-state index contributed by atoms with van der Waals surface area (Å²) in [6, 6.07) is 8.36. The van der Waals surface area contributed by atoms with Crippen molar-refractivity contribution in [3.05, 3.63) is 52.7 Å². The van der Waals surface area contributed by atoms with Crippen LogP contribution in [0.15, 0.2) is 30.5 Å². The molecule has 3 atom stereocenters. The van der Waals surface area contributed by atoms with Crippen LogP contribution in [-0.4, -0.2) is 41.5 Å². The molecule has 7 nitrogen and oxygen atoms in total. The lowest BCUT2D eigenvalue weighted by Gasteiger charge is -2.40. The maximum atomic E-state index is 13.0. The zero-order chi connectivity index (χ0) is 20.8. The SMILES string of the molecule is Cc1c(C(=O)N[C@H]2C[C@H]3CC[C@@H](C2)N3c2ccc(C(N)=O)cn2)ccc2c1OCC2. The highest BCUT2D eigenvalue weighted by atomic mass is 16.5. The number of nitrogens with two attached hydrogens (primary N) is 1. The number of aromatic nitrogens is 1. The topological polar surface area (TPSA) is 97.6 Å². The van der Waals surface area contributed by atoms with E-state index in [1.54, 1.807) is 12.3 Å². The second-order valence-corrected chi connectivity index (χ2v) is 8.53. The molecule has 0 radical (unpaired) electrons. The Kier molecular flexibility index (Phi) is 4.60. The molecule has 3 aliphatic rings. The first kappa shape index (κ1) is 18.9. The van der Waals surface area contributed by atoms with Gasteiger partial charge in [0.25, 0.3) is 5.91 Å². The monoisotopic (exact) mass is 406 g/mol. The zero-order valence-corrected chi connectivity index (χ0v) is 17.1. The highest BCUT2D eigenvalue weighted by Crippen LogP contribution is 2.39. The summed E-state index contributed by atoms with van der Waals surface area (Å²) in [5.74, 6) is 1.27. The standard InChI is InChI=1S/C23H26N4O3/c1-13-19(6-2-14-8-9-30-21(13)14)23(29)26-16-10-17-4-5-18(11-16)27(17)20-7-3-15(12-25-20)22(24)28/h2-3,6-7,12,16-18H,4-5,8-11H2,1H3,(H2,24,28)(H,26,29)/t16-,17+,18-. The molecule has 2 saturated heterocycles. The molecule has 2 aromatic rings. The molecule has 4 heterocycles. The third-order valence-corrected chi connectivity index (χ3v) is 6.72. The number of benzene rings is 1. The summed E-state index contributed by atoms with van der Waals surface area (Å²) in [7, 11) is 0. The minimum atomic E-state index is -0.467. The Labute approximate surface area is 175 Å². The maximum Gasteiger partial charge on any atom is 0.251 e. The molecule has 0 unspecified atom stereocenters. The first-order valence-electron chi connectivity index (χ1n) is 10.6. The van der Waals surface area contributed by atoms with Crippen molar-refractivity contribution in [3.8, 4) is 5.75 Å². The number of rotatable bonds is 4. The van der Waals surface area contributed by atoms with Gasteiger partial charge in [-0.1, -0.05) is 6.07 Å². The van der Waals surface area contributed by atoms with Gasteiger partial charge in [0.05, 0.1) is 12.2 Å². The number of hydrogen-bond acceptors (Lipinski definition) is 5. The lowest BCUT2D eigenvalue weighted by atomic mass is 9.96. The molecule has 7 heteroatoms. The van der Waals surface area contributed by atoms with Gasteiger partial charge < -0.3 is 20.7 Å². The van der Waals surface area contributed by atoms with Gasteiger partial charge in [0.2, 0.25) is 5.91 Å². The number of ether oxygens (including phenoxy) is 1. The summed E-state index contributed by atoms with van der Waals surface area (Å²) in [5.41, 5.74) is 8.56. The van der Waals surface area contributed by atoms with E-state index in [0.29, 0.717) is 29.8 Å². The third-order valence-electron chi connectivity index (χ3n) is 6.72. The average molecular weight is 406 g/mol. The number of nitrogens with one attached hydrogen (secondary N) is 1. The van der Waals surface area contributed by atoms with Gasteiger partial charge in [0.15, 0.2) is 0 Å². The van der Waals surface area contributed by atoms with Gasteiger partial charge in [0, 0.05) is 41.9 Å². The van der Waals surface area contributed by atoms with Crippen LogP contribution in [0.1, 0.15) is 57.5 Å². The zero-order valence-electron chi connectivity index (χ0n) is 17.1. The molecular weight excluding hydrogens is 380 g/mol. The summed E-state index contributed by atoms with van der Waals surface area (Å²) in [4.78, 5) is 31.1. The number of carbonyl (C=O) groups excluding carboxylic acids is 2. The normalized spacial score (nSPS) is 24.3. The van der Waals surface area contributed by atoms with Gasteiger partial charge in [0.1, 0.15) is 11.6 Å². The number of carbonyl (C=O) groups is 2. The van der Waals surface area contributed by atoms with Crippen molar-refractivity contribution in [3.63, 3.8) is 0 Å². The van der Waals surface area contributed by atoms with Crippen LogP contribution in [0.5, 0.6) is 5.75 Å². The first-order valence-corrected chi connectivity index (χ1v) is 10.6. The van der Waals surface area contributed by atoms with E-state index in [9.17, 15) is 9.59 Å². The van der Waals surface area contributed by atoms with Crippen LogP contribution in [-0.2, 0) is 6.42 Å². The first-order chi connectivity index (χ1) is 14.5. The Morgan fingerprint density at radius 3 is 2.60 bits per heavy atom. The molecule has 0 spiro atoms. The van der Waals surface area contributed by atoms with Crippen molar-refractivity contribution in [2.24, 2.45) is 5.73 Å². The summed E-state index contributed by atoms with van der Waals surface area (Å²) in [6.45, 7) is 2.66. The molecule has 156 valence electrons. The van der Waals surface area contributed by atoms with Crippen molar-refractivity contribution in [2.45, 2.75) is 57.2 Å². The van der Waals surface area contributed by atoms with Gasteiger partial charge >= 0.3 is 0 Å². The van der Waals surface area contributed by atoms with Gasteiger partial charge in [-0.3, -0.25) is 9.59 Å². The van der Waals surface area contributed by atoms with Crippen LogP contribution in [0.3, 0.4) is 0 Å². The quantitative estimate of drug-likeness (QED) is 0.812. The minimum Gasteiger partial charge on any atom is -0.493 e. The third kappa shape index (κ3) is 3.18. The number of primary amides is 1. The largest absolute Gasteiger partial charge is 0.493 e. The van der Waals surface area contributed by atoms with E-state index in [1.165, 1.54) is 5.56 Å². The molecule has 3 aliphatic heterocycles. The molecule has 2 fully saturated rings. The molecule has 1 aromatic carbocycles. The predicted molar refractivity (Wildman–Crippen MR) is 113 cm³/mol. The van der Waals surface area contributed by atoms with Crippen molar-refractivity contribution < 1.29 is 14.3 Å². The van der Waals surface area contributed by atoms with Crippen molar-refractivity contribution >= 4 is 17.6 Å². The van der Waals surface area contributed by atoms with E-state index < -0.39 is 5.91 Å². The van der Waals surface area contributed by atoms with Crippen LogP contribution in [0, 0.1) is 6.92 Å². The Hall–Kier alpha value is -3.09. The van der Waals surface area contributed by atoms with Gasteiger partial charge in [-0.15, -0.1) is 0 Å². The molecule has 5 rings (SSSR count). The smallest absolute Gasteiger partial charge is 0.251 e. The predicted octanol–water partition coefficient (Wildman–Crippen LogP) is 2.35. The number of anilines is 1. The van der Waals surface area contributed by atoms with Gasteiger partial charge in [-0.2, -0.15) is 0 Å². The Morgan fingerprint density at radius 1 is 1.17 bits per heavy atom. The van der Waals surface area contributed by atoms with E-state index >= 15 is 0 Å². The van der Waals surface area contributed by atoms with Crippen LogP contribution in [0.25, 0.3) is 0 Å². The molecule has 0 aliphatic carbocycles. The van der Waals surface area contributed by atoms with Crippen molar-refractivity contribution in [2.75, 3.05) is 11.5 Å². The van der Waals surface area contributed by atoms with Crippen LogP contribution >= 0.6 is 0 Å². The Morgan fingerprint density at radius 2 is 1.93 bits per heavy atom. The number of fused-ring (bicyclic) bond motifs is 3. The van der Waals surface area contributed by atoms with E-state index in [4.69, 9.17) is 10.5 Å². The molecule has 2 amide bonds. The highest BCUT2D eigenvalue weighted by molar-refractivity contribution is 5.96. The fraction of sp³-hybridized carbons (Fsp3) is 0.435.